The number of quaternary nitrogens is 1. The molecular weight excluding hydrogens is 329 g/mol. The molecule has 6 heteroatoms. The fourth-order valence-electron chi connectivity index (χ4n) is 3.37. The van der Waals surface area contributed by atoms with Crippen LogP contribution >= 0.6 is 0 Å². The quantitative estimate of drug-likeness (QED) is 0.330. The summed E-state index contributed by atoms with van der Waals surface area (Å²) in [6.45, 7) is 0.667. The van der Waals surface area contributed by atoms with Crippen molar-refractivity contribution in [3.05, 3.63) is 83.7 Å². The maximum absolute atomic E-state index is 13.2. The van der Waals surface area contributed by atoms with Gasteiger partial charge in [0.2, 0.25) is 6.17 Å². The van der Waals surface area contributed by atoms with Crippen molar-refractivity contribution in [1.29, 1.82) is 0 Å². The fourth-order valence-corrected chi connectivity index (χ4v) is 3.37. The molecule has 0 saturated heterocycles. The molecule has 0 amide bonds. The Morgan fingerprint density at radius 2 is 1.69 bits per heavy atom. The monoisotopic (exact) mass is 348 g/mol. The van der Waals surface area contributed by atoms with Gasteiger partial charge in [0.25, 0.3) is 0 Å². The molecule has 1 unspecified atom stereocenters. The molecule has 0 aliphatic heterocycles. The van der Waals surface area contributed by atoms with Crippen molar-refractivity contribution < 1.29 is 10.1 Å². The SMILES string of the molecule is NN=NC([NH3+])c1ccc2c(c1)c1ccccc1n2Cc1ccc(F)cc1. The average Bonchev–Trinajstić information content (AvgIpc) is 2.97. The standard InChI is InChI=1S/C20H18FN5/c21-15-8-5-13(6-9-15)12-26-18-4-2-1-3-16(18)17-11-14(7-10-19(17)26)20(22)24-25-23/h1-11,20H,12,22H2,(H2,23,24)/p+1. The zero-order chi connectivity index (χ0) is 18.1. The van der Waals surface area contributed by atoms with Gasteiger partial charge in [-0.1, -0.05) is 35.6 Å². The highest BCUT2D eigenvalue weighted by atomic mass is 19.1. The Kier molecular flexibility index (Phi) is 4.10. The van der Waals surface area contributed by atoms with Crippen LogP contribution in [0.5, 0.6) is 0 Å². The van der Waals surface area contributed by atoms with E-state index in [-0.39, 0.29) is 12.0 Å². The van der Waals surface area contributed by atoms with E-state index >= 15 is 0 Å². The maximum atomic E-state index is 13.2. The van der Waals surface area contributed by atoms with Gasteiger partial charge in [-0.05, 0) is 42.0 Å². The molecule has 0 aliphatic rings. The highest BCUT2D eigenvalue weighted by Crippen LogP contribution is 2.31. The van der Waals surface area contributed by atoms with Gasteiger partial charge in [0, 0.05) is 33.9 Å². The molecule has 4 rings (SSSR count). The second-order valence-electron chi connectivity index (χ2n) is 6.25. The highest BCUT2D eigenvalue weighted by Gasteiger charge is 2.14. The van der Waals surface area contributed by atoms with E-state index in [2.05, 4.69) is 44.9 Å². The van der Waals surface area contributed by atoms with Crippen molar-refractivity contribution >= 4 is 21.8 Å². The molecule has 0 bridgehead atoms. The summed E-state index contributed by atoms with van der Waals surface area (Å²) >= 11 is 0. The predicted octanol–water partition coefficient (Wildman–Crippen LogP) is 3.55. The third kappa shape index (κ3) is 2.80. The number of fused-ring (bicyclic) bond motifs is 3. The summed E-state index contributed by atoms with van der Waals surface area (Å²) in [6.07, 6.45) is -0.344. The molecule has 5 N–H and O–H groups in total. The first-order chi connectivity index (χ1) is 12.7. The lowest BCUT2D eigenvalue weighted by Gasteiger charge is -2.08. The lowest BCUT2D eigenvalue weighted by molar-refractivity contribution is -0.425. The Balaban J connectivity index is 1.89. The van der Waals surface area contributed by atoms with Gasteiger partial charge in [-0.3, -0.25) is 0 Å². The van der Waals surface area contributed by atoms with Crippen LogP contribution in [-0.4, -0.2) is 4.57 Å². The number of benzene rings is 3. The van der Waals surface area contributed by atoms with Crippen molar-refractivity contribution in [2.45, 2.75) is 12.7 Å². The lowest BCUT2D eigenvalue weighted by Crippen LogP contribution is -2.52. The highest BCUT2D eigenvalue weighted by molar-refractivity contribution is 6.08. The van der Waals surface area contributed by atoms with E-state index < -0.39 is 0 Å². The number of rotatable bonds is 4. The van der Waals surface area contributed by atoms with E-state index in [4.69, 9.17) is 5.84 Å². The van der Waals surface area contributed by atoms with Gasteiger partial charge in [0.05, 0.1) is 0 Å². The first-order valence-corrected chi connectivity index (χ1v) is 8.36. The number of aromatic nitrogens is 1. The van der Waals surface area contributed by atoms with Crippen molar-refractivity contribution in [3.63, 3.8) is 0 Å². The number of para-hydroxylation sites is 1. The second-order valence-corrected chi connectivity index (χ2v) is 6.25. The Morgan fingerprint density at radius 3 is 2.46 bits per heavy atom. The number of nitrogens with two attached hydrogens (primary N) is 1. The van der Waals surface area contributed by atoms with E-state index in [1.807, 2.05) is 30.3 Å². The van der Waals surface area contributed by atoms with E-state index in [1.54, 1.807) is 0 Å². The van der Waals surface area contributed by atoms with Crippen LogP contribution in [0.3, 0.4) is 0 Å². The third-order valence-electron chi connectivity index (χ3n) is 4.64. The largest absolute Gasteiger partial charge is 0.336 e. The topological polar surface area (TPSA) is 83.3 Å². The van der Waals surface area contributed by atoms with E-state index in [0.717, 1.165) is 32.9 Å². The first-order valence-electron chi connectivity index (χ1n) is 8.36. The van der Waals surface area contributed by atoms with Crippen molar-refractivity contribution in [1.82, 2.24) is 4.57 Å². The normalized spacial score (nSPS) is 13.0. The van der Waals surface area contributed by atoms with E-state index in [0.29, 0.717) is 6.54 Å². The Hall–Kier alpha value is -3.25. The molecule has 1 atom stereocenters. The van der Waals surface area contributed by atoms with E-state index in [1.165, 1.54) is 12.1 Å². The van der Waals surface area contributed by atoms with Gasteiger partial charge >= 0.3 is 0 Å². The first kappa shape index (κ1) is 16.2. The minimum atomic E-state index is -0.344. The molecule has 0 radical (unpaired) electrons. The van der Waals surface area contributed by atoms with Crippen LogP contribution in [0.15, 0.2) is 77.1 Å². The number of nitrogens with zero attached hydrogens (tertiary/aromatic N) is 3. The summed E-state index contributed by atoms with van der Waals surface area (Å²) in [7, 11) is 0. The van der Waals surface area contributed by atoms with Gasteiger partial charge < -0.3 is 16.1 Å². The smallest absolute Gasteiger partial charge is 0.225 e. The minimum absolute atomic E-state index is 0.226. The van der Waals surface area contributed by atoms with Crippen molar-refractivity contribution in [2.75, 3.05) is 0 Å². The summed E-state index contributed by atoms with van der Waals surface area (Å²) in [5.41, 5.74) is 8.22. The zero-order valence-corrected chi connectivity index (χ0v) is 14.1. The summed E-state index contributed by atoms with van der Waals surface area (Å²) in [4.78, 5) is 0. The van der Waals surface area contributed by atoms with Crippen LogP contribution in [0, 0.1) is 5.82 Å². The Morgan fingerprint density at radius 1 is 0.962 bits per heavy atom. The van der Waals surface area contributed by atoms with Crippen LogP contribution in [0.2, 0.25) is 0 Å². The van der Waals surface area contributed by atoms with Crippen molar-refractivity contribution in [2.24, 2.45) is 16.2 Å². The van der Waals surface area contributed by atoms with Gasteiger partial charge in [-0.15, -0.1) is 5.11 Å². The summed E-state index contributed by atoms with van der Waals surface area (Å²) in [5.74, 6) is 4.93. The minimum Gasteiger partial charge on any atom is -0.336 e. The molecule has 3 aromatic carbocycles. The summed E-state index contributed by atoms with van der Waals surface area (Å²) < 4.78 is 15.5. The number of halogens is 1. The van der Waals surface area contributed by atoms with Crippen LogP contribution in [-0.2, 0) is 6.54 Å². The maximum Gasteiger partial charge on any atom is 0.225 e. The molecule has 0 saturated carbocycles. The van der Waals surface area contributed by atoms with Gasteiger partial charge in [0.1, 0.15) is 5.82 Å². The lowest BCUT2D eigenvalue weighted by atomic mass is 10.1. The number of hydrogen-bond donors (Lipinski definition) is 2. The molecule has 26 heavy (non-hydrogen) atoms. The predicted molar refractivity (Wildman–Crippen MR) is 99.6 cm³/mol. The number of hydrogen-bond acceptors (Lipinski definition) is 2. The molecule has 0 aliphatic carbocycles. The van der Waals surface area contributed by atoms with Gasteiger partial charge in [-0.2, -0.15) is 0 Å². The van der Waals surface area contributed by atoms with Crippen LogP contribution in [0.1, 0.15) is 17.3 Å². The average molecular weight is 348 g/mol. The van der Waals surface area contributed by atoms with Gasteiger partial charge in [-0.25, -0.2) is 4.39 Å². The van der Waals surface area contributed by atoms with Crippen LogP contribution in [0.25, 0.3) is 21.8 Å². The molecule has 1 aromatic heterocycles. The summed E-state index contributed by atoms with van der Waals surface area (Å²) in [5, 5.41) is 9.54. The van der Waals surface area contributed by atoms with Crippen LogP contribution < -0.4 is 11.6 Å². The fraction of sp³-hybridized carbons (Fsp3) is 0.100. The molecular formula is C20H19FN5+. The Bertz CT molecular complexity index is 1100. The van der Waals surface area contributed by atoms with Crippen molar-refractivity contribution in [3.8, 4) is 0 Å². The molecule has 0 spiro atoms. The second kappa shape index (κ2) is 6.57. The molecule has 130 valence electrons. The molecule has 1 heterocycles. The Labute approximate surface area is 149 Å². The van der Waals surface area contributed by atoms with Crippen LogP contribution in [0.4, 0.5) is 4.39 Å². The summed E-state index contributed by atoms with van der Waals surface area (Å²) in [6, 6.07) is 21.0. The molecule has 0 fully saturated rings. The van der Waals surface area contributed by atoms with E-state index in [9.17, 15) is 4.39 Å². The third-order valence-corrected chi connectivity index (χ3v) is 4.64. The molecule has 5 nitrogen and oxygen atoms in total. The van der Waals surface area contributed by atoms with Gasteiger partial charge in [0.15, 0.2) is 0 Å². The molecule has 4 aromatic rings. The zero-order valence-electron chi connectivity index (χ0n) is 14.1.